The van der Waals surface area contributed by atoms with E-state index in [2.05, 4.69) is 96.1 Å². The summed E-state index contributed by atoms with van der Waals surface area (Å²) in [6.07, 6.45) is 4.12. The second kappa shape index (κ2) is 9.84. The van der Waals surface area contributed by atoms with Gasteiger partial charge in [-0.15, -0.1) is 0 Å². The Morgan fingerprint density at radius 1 is 1.14 bits per heavy atom. The van der Waals surface area contributed by atoms with Crippen LogP contribution in [0.5, 0.6) is 0 Å². The Kier molecular flexibility index (Phi) is 7.77. The number of benzene rings is 2. The fraction of sp³-hybridized carbons (Fsp3) is 0.423. The molecule has 1 atom stereocenters. The van der Waals surface area contributed by atoms with Crippen LogP contribution in [0.15, 0.2) is 65.3 Å². The predicted octanol–water partition coefficient (Wildman–Crippen LogP) is 6.21. The van der Waals surface area contributed by atoms with Crippen molar-refractivity contribution in [3.8, 4) is 0 Å². The molecule has 28 heavy (non-hydrogen) atoms. The molecule has 2 aromatic rings. The molecule has 2 heteroatoms. The molecule has 0 heterocycles. The Morgan fingerprint density at radius 3 is 2.39 bits per heavy atom. The molecule has 2 aromatic carbocycles. The first-order chi connectivity index (χ1) is 13.3. The fourth-order valence-corrected chi connectivity index (χ4v) is 3.59. The molecular formula is C26H36N2. The zero-order valence-corrected chi connectivity index (χ0v) is 18.4. The van der Waals surface area contributed by atoms with Gasteiger partial charge in [-0.3, -0.25) is 4.99 Å². The molecule has 0 saturated carbocycles. The minimum absolute atomic E-state index is 0.168. The Morgan fingerprint density at radius 2 is 1.82 bits per heavy atom. The number of nitrogens with zero attached hydrogens (tertiary/aromatic N) is 1. The largest absolute Gasteiger partial charge is 0.330 e. The Labute approximate surface area is 171 Å². The Hall–Kier alpha value is -2.19. The van der Waals surface area contributed by atoms with Crippen LogP contribution in [0.1, 0.15) is 63.3 Å². The predicted molar refractivity (Wildman–Crippen MR) is 123 cm³/mol. The minimum atomic E-state index is -0.168. The molecule has 0 bridgehead atoms. The zero-order chi connectivity index (χ0) is 20.7. The second-order valence-corrected chi connectivity index (χ2v) is 8.19. The van der Waals surface area contributed by atoms with Crippen molar-refractivity contribution >= 4 is 5.71 Å². The van der Waals surface area contributed by atoms with Crippen molar-refractivity contribution < 1.29 is 0 Å². The smallest absolute Gasteiger partial charge is 0.0508 e. The van der Waals surface area contributed by atoms with Crippen LogP contribution in [0.3, 0.4) is 0 Å². The van der Waals surface area contributed by atoms with Crippen LogP contribution in [0.2, 0.25) is 0 Å². The van der Waals surface area contributed by atoms with Crippen molar-refractivity contribution in [1.29, 1.82) is 0 Å². The number of allylic oxidation sites excluding steroid dienone is 2. The highest BCUT2D eigenvalue weighted by Gasteiger charge is 2.27. The third kappa shape index (κ3) is 5.20. The van der Waals surface area contributed by atoms with Gasteiger partial charge in [0.15, 0.2) is 0 Å². The van der Waals surface area contributed by atoms with Crippen molar-refractivity contribution in [2.75, 3.05) is 6.54 Å². The number of hydrogen-bond acceptors (Lipinski definition) is 2. The quantitative estimate of drug-likeness (QED) is 0.546. The molecule has 150 valence electrons. The normalized spacial score (nSPS) is 14.2. The summed E-state index contributed by atoms with van der Waals surface area (Å²) in [5.74, 6) is 0.306. The topological polar surface area (TPSA) is 38.4 Å². The van der Waals surface area contributed by atoms with Crippen LogP contribution in [0.4, 0.5) is 0 Å². The van der Waals surface area contributed by atoms with E-state index in [0.717, 1.165) is 24.3 Å². The molecule has 0 radical (unpaired) electrons. The van der Waals surface area contributed by atoms with Crippen molar-refractivity contribution in [3.05, 3.63) is 82.6 Å². The summed E-state index contributed by atoms with van der Waals surface area (Å²) in [5, 5.41) is 0. The van der Waals surface area contributed by atoms with Gasteiger partial charge >= 0.3 is 0 Å². The monoisotopic (exact) mass is 376 g/mol. The molecule has 2 rings (SSSR count). The van der Waals surface area contributed by atoms with E-state index in [-0.39, 0.29) is 5.41 Å². The van der Waals surface area contributed by atoms with Crippen LogP contribution in [0, 0.1) is 12.8 Å². The Balaban J connectivity index is 2.52. The number of nitrogens with two attached hydrogens (primary N) is 1. The second-order valence-electron chi connectivity index (χ2n) is 8.19. The van der Waals surface area contributed by atoms with Crippen molar-refractivity contribution in [2.45, 2.75) is 59.8 Å². The fourth-order valence-electron chi connectivity index (χ4n) is 3.59. The van der Waals surface area contributed by atoms with Gasteiger partial charge in [0.05, 0.1) is 5.71 Å². The van der Waals surface area contributed by atoms with Crippen molar-refractivity contribution in [1.82, 2.24) is 0 Å². The molecule has 0 aliphatic heterocycles. The van der Waals surface area contributed by atoms with Gasteiger partial charge < -0.3 is 5.73 Å². The molecule has 0 spiro atoms. The van der Waals surface area contributed by atoms with Gasteiger partial charge in [0, 0.05) is 17.0 Å². The van der Waals surface area contributed by atoms with E-state index in [4.69, 9.17) is 10.7 Å². The van der Waals surface area contributed by atoms with Crippen molar-refractivity contribution in [3.63, 3.8) is 0 Å². The lowest BCUT2D eigenvalue weighted by Gasteiger charge is -2.28. The maximum absolute atomic E-state index is 5.87. The Bertz CT molecular complexity index is 826. The van der Waals surface area contributed by atoms with E-state index in [0.29, 0.717) is 12.5 Å². The molecule has 0 aliphatic carbocycles. The molecule has 1 unspecified atom stereocenters. The van der Waals surface area contributed by atoms with E-state index < -0.39 is 0 Å². The van der Waals surface area contributed by atoms with Gasteiger partial charge in [0.25, 0.3) is 0 Å². The number of rotatable bonds is 8. The lowest BCUT2D eigenvalue weighted by atomic mass is 9.80. The number of aliphatic imine (C=N–C) groups is 1. The molecule has 0 saturated heterocycles. The van der Waals surface area contributed by atoms with Gasteiger partial charge in [-0.1, -0.05) is 87.9 Å². The van der Waals surface area contributed by atoms with Gasteiger partial charge in [0.1, 0.15) is 0 Å². The van der Waals surface area contributed by atoms with Crippen LogP contribution in [-0.2, 0) is 11.8 Å². The van der Waals surface area contributed by atoms with Gasteiger partial charge in [-0.05, 0) is 49.9 Å². The van der Waals surface area contributed by atoms with Crippen LogP contribution < -0.4 is 5.73 Å². The van der Waals surface area contributed by atoms with Gasteiger partial charge in [-0.25, -0.2) is 0 Å². The summed E-state index contributed by atoms with van der Waals surface area (Å²) in [4.78, 5) is 5.24. The minimum Gasteiger partial charge on any atom is -0.330 e. The average Bonchev–Trinajstić information content (AvgIpc) is 2.69. The summed E-state index contributed by atoms with van der Waals surface area (Å²) in [5.41, 5.74) is 13.0. The zero-order valence-electron chi connectivity index (χ0n) is 18.4. The first kappa shape index (κ1) is 22.1. The average molecular weight is 377 g/mol. The third-order valence-corrected chi connectivity index (χ3v) is 5.63. The maximum Gasteiger partial charge on any atom is 0.0508 e. The van der Waals surface area contributed by atoms with Crippen LogP contribution in [-0.4, -0.2) is 12.3 Å². The SMILES string of the molecule is C/C=C(\N=C(\c1ccc(C)cc1)C(C)CCN)C(C)(C)c1cccc(CC)c1. The molecule has 0 aliphatic rings. The summed E-state index contributed by atoms with van der Waals surface area (Å²) in [6.45, 7) is 13.8. The third-order valence-electron chi connectivity index (χ3n) is 5.63. The van der Waals surface area contributed by atoms with Crippen molar-refractivity contribution in [2.24, 2.45) is 16.6 Å². The van der Waals surface area contributed by atoms with E-state index in [1.807, 2.05) is 0 Å². The molecule has 2 N–H and O–H groups in total. The molecule has 0 amide bonds. The number of hydrogen-bond donors (Lipinski definition) is 1. The standard InChI is InChI=1S/C26H36N2/c1-7-21-10-9-11-23(18-21)26(5,6)24(8-2)28-25(20(4)16-17-27)22-14-12-19(3)13-15-22/h8-15,18,20H,7,16-17,27H2,1-6H3/b24-8-,28-25+. The van der Waals surface area contributed by atoms with E-state index in [9.17, 15) is 0 Å². The molecular weight excluding hydrogens is 340 g/mol. The molecule has 2 nitrogen and oxygen atoms in total. The summed E-state index contributed by atoms with van der Waals surface area (Å²) >= 11 is 0. The lowest BCUT2D eigenvalue weighted by Crippen LogP contribution is -2.23. The van der Waals surface area contributed by atoms with E-state index in [1.165, 1.54) is 22.3 Å². The van der Waals surface area contributed by atoms with E-state index in [1.54, 1.807) is 0 Å². The molecule has 0 fully saturated rings. The highest BCUT2D eigenvalue weighted by atomic mass is 14.8. The highest BCUT2D eigenvalue weighted by Crippen LogP contribution is 2.34. The van der Waals surface area contributed by atoms with Crippen LogP contribution in [0.25, 0.3) is 0 Å². The number of aryl methyl sites for hydroxylation is 2. The highest BCUT2D eigenvalue weighted by molar-refractivity contribution is 6.02. The summed E-state index contributed by atoms with van der Waals surface area (Å²) in [6, 6.07) is 17.6. The van der Waals surface area contributed by atoms with Crippen LogP contribution >= 0.6 is 0 Å². The van der Waals surface area contributed by atoms with E-state index >= 15 is 0 Å². The first-order valence-electron chi connectivity index (χ1n) is 10.4. The maximum atomic E-state index is 5.87. The summed E-state index contributed by atoms with van der Waals surface area (Å²) < 4.78 is 0. The first-order valence-corrected chi connectivity index (χ1v) is 10.4. The van der Waals surface area contributed by atoms with Gasteiger partial charge in [-0.2, -0.15) is 0 Å². The molecule has 0 aromatic heterocycles. The lowest BCUT2D eigenvalue weighted by molar-refractivity contribution is 0.609. The van der Waals surface area contributed by atoms with Gasteiger partial charge in [0.2, 0.25) is 0 Å². The summed E-state index contributed by atoms with van der Waals surface area (Å²) in [7, 11) is 0.